The Morgan fingerprint density at radius 2 is 1.92 bits per heavy atom. The van der Waals surface area contributed by atoms with Crippen molar-refractivity contribution in [2.75, 3.05) is 18.2 Å². The van der Waals surface area contributed by atoms with Crippen LogP contribution in [0.3, 0.4) is 0 Å². The summed E-state index contributed by atoms with van der Waals surface area (Å²) in [5, 5.41) is 2.84. The van der Waals surface area contributed by atoms with E-state index in [0.717, 1.165) is 4.90 Å². The lowest BCUT2D eigenvalue weighted by atomic mass is 10.1. The van der Waals surface area contributed by atoms with Gasteiger partial charge in [-0.05, 0) is 43.5 Å². The minimum Gasteiger partial charge on any atom is -0.452 e. The lowest BCUT2D eigenvalue weighted by Crippen LogP contribution is -2.21. The molecule has 0 aromatic heterocycles. The second-order valence-corrected chi connectivity index (χ2v) is 6.39. The van der Waals surface area contributed by atoms with Crippen molar-refractivity contribution < 1.29 is 19.1 Å². The third-order valence-electron chi connectivity index (χ3n) is 3.28. The third kappa shape index (κ3) is 5.34. The highest BCUT2D eigenvalue weighted by molar-refractivity contribution is 7.98. The van der Waals surface area contributed by atoms with Gasteiger partial charge in [-0.2, -0.15) is 0 Å². The molecule has 0 fully saturated rings. The molecule has 25 heavy (non-hydrogen) atoms. The average molecular weight is 378 g/mol. The summed E-state index contributed by atoms with van der Waals surface area (Å²) >= 11 is 7.46. The Bertz CT molecular complexity index is 822. The van der Waals surface area contributed by atoms with Gasteiger partial charge in [0.05, 0.1) is 10.6 Å². The molecule has 0 unspecified atom stereocenters. The molecule has 0 aliphatic rings. The summed E-state index contributed by atoms with van der Waals surface area (Å²) in [4.78, 5) is 36.2. The number of halogens is 1. The lowest BCUT2D eigenvalue weighted by molar-refractivity contribution is -0.119. The van der Waals surface area contributed by atoms with Crippen LogP contribution in [0.2, 0.25) is 5.02 Å². The van der Waals surface area contributed by atoms with E-state index in [-0.39, 0.29) is 16.4 Å². The quantitative estimate of drug-likeness (QED) is 0.467. The zero-order valence-corrected chi connectivity index (χ0v) is 15.2. The standard InChI is InChI=1S/C18H16ClNO4S/c1-11(21)12-4-3-5-13(8-12)20-17(22)10-24-18(23)15-9-14(25-2)6-7-16(15)19/h3-9H,10H2,1-2H3,(H,20,22). The summed E-state index contributed by atoms with van der Waals surface area (Å²) in [6, 6.07) is 11.5. The maximum absolute atomic E-state index is 12.1. The Hall–Kier alpha value is -2.31. The Labute approximate surface area is 154 Å². The van der Waals surface area contributed by atoms with E-state index in [1.54, 1.807) is 42.5 Å². The van der Waals surface area contributed by atoms with Crippen molar-refractivity contribution in [3.63, 3.8) is 0 Å². The van der Waals surface area contributed by atoms with Crippen LogP contribution in [0.1, 0.15) is 27.6 Å². The van der Waals surface area contributed by atoms with Crippen molar-refractivity contribution in [1.29, 1.82) is 0 Å². The van der Waals surface area contributed by atoms with Gasteiger partial charge in [-0.15, -0.1) is 11.8 Å². The van der Waals surface area contributed by atoms with Crippen molar-refractivity contribution in [2.45, 2.75) is 11.8 Å². The van der Waals surface area contributed by atoms with Gasteiger partial charge in [0.15, 0.2) is 12.4 Å². The number of esters is 1. The van der Waals surface area contributed by atoms with Gasteiger partial charge in [0.25, 0.3) is 5.91 Å². The highest BCUT2D eigenvalue weighted by Gasteiger charge is 2.15. The summed E-state index contributed by atoms with van der Waals surface area (Å²) in [6.45, 7) is 0.984. The summed E-state index contributed by atoms with van der Waals surface area (Å²) in [6.07, 6.45) is 1.88. The molecule has 0 heterocycles. The maximum atomic E-state index is 12.1. The fraction of sp³-hybridized carbons (Fsp3) is 0.167. The Morgan fingerprint density at radius 3 is 2.60 bits per heavy atom. The SMILES string of the molecule is CSc1ccc(Cl)c(C(=O)OCC(=O)Nc2cccc(C(C)=O)c2)c1. The van der Waals surface area contributed by atoms with E-state index >= 15 is 0 Å². The van der Waals surface area contributed by atoms with Crippen molar-refractivity contribution in [3.8, 4) is 0 Å². The number of amides is 1. The molecular formula is C18H16ClNO4S. The molecule has 2 aromatic rings. The first kappa shape index (κ1) is 19.0. The first-order chi connectivity index (χ1) is 11.9. The molecular weight excluding hydrogens is 362 g/mol. The number of ether oxygens (including phenoxy) is 1. The van der Waals surface area contributed by atoms with Crippen LogP contribution in [0.4, 0.5) is 5.69 Å². The lowest BCUT2D eigenvalue weighted by Gasteiger charge is -2.09. The molecule has 1 amide bonds. The predicted octanol–water partition coefficient (Wildman–Crippen LogP) is 4.06. The molecule has 130 valence electrons. The summed E-state index contributed by atoms with van der Waals surface area (Å²) in [5.74, 6) is -1.29. The number of Topliss-reactive ketones (excluding diaryl/α,β-unsaturated/α-hetero) is 1. The van der Waals surface area contributed by atoms with Crippen LogP contribution >= 0.6 is 23.4 Å². The summed E-state index contributed by atoms with van der Waals surface area (Å²) in [5.41, 5.74) is 1.14. The molecule has 0 aliphatic carbocycles. The molecule has 0 radical (unpaired) electrons. The average Bonchev–Trinajstić information content (AvgIpc) is 2.60. The molecule has 0 atom stereocenters. The topological polar surface area (TPSA) is 72.5 Å². The minimum atomic E-state index is -0.673. The van der Waals surface area contributed by atoms with Crippen LogP contribution in [0.25, 0.3) is 0 Å². The zero-order valence-electron chi connectivity index (χ0n) is 13.7. The molecule has 2 aromatic carbocycles. The highest BCUT2D eigenvalue weighted by atomic mass is 35.5. The number of thioether (sulfide) groups is 1. The van der Waals surface area contributed by atoms with Crippen LogP contribution in [-0.4, -0.2) is 30.5 Å². The van der Waals surface area contributed by atoms with Crippen molar-refractivity contribution in [2.24, 2.45) is 0 Å². The van der Waals surface area contributed by atoms with Crippen LogP contribution in [0, 0.1) is 0 Å². The Kier molecular flexibility index (Phi) is 6.61. The predicted molar refractivity (Wildman–Crippen MR) is 98.6 cm³/mol. The molecule has 2 rings (SSSR count). The van der Waals surface area contributed by atoms with E-state index < -0.39 is 18.5 Å². The number of hydrogen-bond donors (Lipinski definition) is 1. The number of benzene rings is 2. The van der Waals surface area contributed by atoms with Crippen molar-refractivity contribution in [3.05, 3.63) is 58.6 Å². The van der Waals surface area contributed by atoms with Gasteiger partial charge in [-0.1, -0.05) is 23.7 Å². The molecule has 0 saturated heterocycles. The van der Waals surface area contributed by atoms with Crippen molar-refractivity contribution >= 4 is 46.7 Å². The van der Waals surface area contributed by atoms with Gasteiger partial charge in [-0.25, -0.2) is 4.79 Å². The van der Waals surface area contributed by atoms with E-state index in [1.807, 2.05) is 6.26 Å². The van der Waals surface area contributed by atoms with Gasteiger partial charge in [0.2, 0.25) is 0 Å². The molecule has 1 N–H and O–H groups in total. The number of nitrogens with one attached hydrogen (secondary N) is 1. The largest absolute Gasteiger partial charge is 0.452 e. The maximum Gasteiger partial charge on any atom is 0.340 e. The van der Waals surface area contributed by atoms with E-state index in [9.17, 15) is 14.4 Å². The van der Waals surface area contributed by atoms with Gasteiger partial charge in [-0.3, -0.25) is 9.59 Å². The van der Waals surface area contributed by atoms with Crippen molar-refractivity contribution in [1.82, 2.24) is 0 Å². The van der Waals surface area contributed by atoms with E-state index in [1.165, 1.54) is 18.7 Å². The smallest absolute Gasteiger partial charge is 0.340 e. The second kappa shape index (κ2) is 8.69. The van der Waals surface area contributed by atoms with E-state index in [0.29, 0.717) is 11.3 Å². The van der Waals surface area contributed by atoms with Gasteiger partial charge >= 0.3 is 5.97 Å². The molecule has 0 aliphatic heterocycles. The summed E-state index contributed by atoms with van der Waals surface area (Å²) in [7, 11) is 0. The Morgan fingerprint density at radius 1 is 1.16 bits per heavy atom. The fourth-order valence-electron chi connectivity index (χ4n) is 2.01. The third-order valence-corrected chi connectivity index (χ3v) is 4.34. The van der Waals surface area contributed by atoms with Gasteiger partial charge in [0, 0.05) is 16.1 Å². The molecule has 0 saturated carbocycles. The minimum absolute atomic E-state index is 0.106. The molecule has 7 heteroatoms. The summed E-state index contributed by atoms with van der Waals surface area (Å²) < 4.78 is 5.01. The van der Waals surface area contributed by atoms with Gasteiger partial charge in [0.1, 0.15) is 0 Å². The van der Waals surface area contributed by atoms with Crippen LogP contribution in [0.15, 0.2) is 47.4 Å². The van der Waals surface area contributed by atoms with Crippen LogP contribution in [0.5, 0.6) is 0 Å². The second-order valence-electron chi connectivity index (χ2n) is 5.11. The number of rotatable bonds is 6. The number of hydrogen-bond acceptors (Lipinski definition) is 5. The van der Waals surface area contributed by atoms with Crippen LogP contribution < -0.4 is 5.32 Å². The first-order valence-corrected chi connectivity index (χ1v) is 8.92. The first-order valence-electron chi connectivity index (χ1n) is 7.32. The normalized spacial score (nSPS) is 10.2. The highest BCUT2D eigenvalue weighted by Crippen LogP contribution is 2.23. The molecule has 5 nitrogen and oxygen atoms in total. The number of anilines is 1. The fourth-order valence-corrected chi connectivity index (χ4v) is 2.64. The Balaban J connectivity index is 1.97. The number of carbonyl (C=O) groups excluding carboxylic acids is 3. The monoisotopic (exact) mass is 377 g/mol. The molecule has 0 bridgehead atoms. The van der Waals surface area contributed by atoms with E-state index in [2.05, 4.69) is 5.32 Å². The van der Waals surface area contributed by atoms with Crippen LogP contribution in [-0.2, 0) is 9.53 Å². The molecule has 0 spiro atoms. The van der Waals surface area contributed by atoms with Gasteiger partial charge < -0.3 is 10.1 Å². The number of carbonyl (C=O) groups is 3. The number of ketones is 1. The zero-order chi connectivity index (χ0) is 18.4. The van der Waals surface area contributed by atoms with E-state index in [4.69, 9.17) is 16.3 Å².